The van der Waals surface area contributed by atoms with Crippen LogP contribution in [0.5, 0.6) is 0 Å². The molecule has 0 aliphatic carbocycles. The summed E-state index contributed by atoms with van der Waals surface area (Å²) in [6.07, 6.45) is 0.0931. The number of rotatable bonds is 4. The normalized spacial score (nSPS) is 14.8. The van der Waals surface area contributed by atoms with Crippen molar-refractivity contribution in [1.82, 2.24) is 0 Å². The molecule has 0 saturated heterocycles. The zero-order chi connectivity index (χ0) is 13.1. The second kappa shape index (κ2) is 4.68. The molecule has 0 fully saturated rings. The van der Waals surface area contributed by atoms with Gasteiger partial charge in [0.1, 0.15) is 5.41 Å². The molecule has 0 aromatic heterocycles. The van der Waals surface area contributed by atoms with Crippen LogP contribution < -0.4 is 0 Å². The SMILES string of the molecule is CC(=O)C(C#N)(CC(C)(C)O)c1ccccc1. The van der Waals surface area contributed by atoms with Crippen LogP contribution in [-0.4, -0.2) is 16.5 Å². The molecule has 0 spiro atoms. The molecule has 0 amide bonds. The Labute approximate surface area is 102 Å². The first kappa shape index (κ1) is 13.4. The monoisotopic (exact) mass is 231 g/mol. The number of nitriles is 1. The minimum atomic E-state index is -1.26. The van der Waals surface area contributed by atoms with Gasteiger partial charge in [0.15, 0.2) is 5.78 Å². The number of carbonyl (C=O) groups excluding carboxylic acids is 1. The van der Waals surface area contributed by atoms with E-state index in [-0.39, 0.29) is 12.2 Å². The van der Waals surface area contributed by atoms with E-state index >= 15 is 0 Å². The smallest absolute Gasteiger partial charge is 0.154 e. The van der Waals surface area contributed by atoms with Crippen molar-refractivity contribution in [2.75, 3.05) is 0 Å². The molecule has 1 N–H and O–H groups in total. The van der Waals surface area contributed by atoms with E-state index in [2.05, 4.69) is 6.07 Å². The average molecular weight is 231 g/mol. The van der Waals surface area contributed by atoms with Gasteiger partial charge in [-0.1, -0.05) is 30.3 Å². The molecule has 3 heteroatoms. The molecule has 0 bridgehead atoms. The molecular formula is C14H17NO2. The van der Waals surface area contributed by atoms with Crippen molar-refractivity contribution in [2.45, 2.75) is 38.2 Å². The summed E-state index contributed by atoms with van der Waals surface area (Å²) >= 11 is 0. The van der Waals surface area contributed by atoms with Gasteiger partial charge in [0, 0.05) is 6.42 Å². The van der Waals surface area contributed by atoms with Crippen molar-refractivity contribution in [3.05, 3.63) is 35.9 Å². The van der Waals surface area contributed by atoms with Crippen molar-refractivity contribution in [1.29, 1.82) is 5.26 Å². The molecule has 1 rings (SSSR count). The molecule has 1 atom stereocenters. The lowest BCUT2D eigenvalue weighted by molar-refractivity contribution is -0.122. The number of ketones is 1. The van der Waals surface area contributed by atoms with Crippen molar-refractivity contribution in [3.8, 4) is 6.07 Å². The summed E-state index contributed by atoms with van der Waals surface area (Å²) in [5.41, 5.74) is -1.70. The topological polar surface area (TPSA) is 61.1 Å². The summed E-state index contributed by atoms with van der Waals surface area (Å²) in [5, 5.41) is 19.3. The largest absolute Gasteiger partial charge is 0.390 e. The molecule has 0 aliphatic rings. The van der Waals surface area contributed by atoms with E-state index in [4.69, 9.17) is 0 Å². The van der Waals surface area contributed by atoms with E-state index in [1.807, 2.05) is 6.07 Å². The minimum Gasteiger partial charge on any atom is -0.390 e. The molecule has 17 heavy (non-hydrogen) atoms. The molecule has 1 aromatic rings. The Hall–Kier alpha value is -1.66. The highest BCUT2D eigenvalue weighted by Gasteiger charge is 2.41. The Morgan fingerprint density at radius 3 is 2.24 bits per heavy atom. The molecule has 90 valence electrons. The molecule has 3 nitrogen and oxygen atoms in total. The number of carbonyl (C=O) groups is 1. The van der Waals surface area contributed by atoms with Gasteiger partial charge in [0.2, 0.25) is 0 Å². The first-order valence-electron chi connectivity index (χ1n) is 5.52. The molecule has 0 aliphatic heterocycles. The van der Waals surface area contributed by atoms with Crippen LogP contribution in [-0.2, 0) is 10.2 Å². The van der Waals surface area contributed by atoms with Crippen LogP contribution in [0.25, 0.3) is 0 Å². The molecule has 0 heterocycles. The minimum absolute atomic E-state index is 0.0931. The van der Waals surface area contributed by atoms with Gasteiger partial charge in [-0.15, -0.1) is 0 Å². The predicted molar refractivity (Wildman–Crippen MR) is 65.3 cm³/mol. The third-order valence-corrected chi connectivity index (χ3v) is 2.76. The molecule has 0 saturated carbocycles. The fourth-order valence-corrected chi connectivity index (χ4v) is 1.98. The second-order valence-electron chi connectivity index (χ2n) is 4.93. The van der Waals surface area contributed by atoms with Gasteiger partial charge in [-0.25, -0.2) is 0 Å². The summed E-state index contributed by atoms with van der Waals surface area (Å²) in [7, 11) is 0. The van der Waals surface area contributed by atoms with Crippen LogP contribution in [0, 0.1) is 11.3 Å². The maximum Gasteiger partial charge on any atom is 0.154 e. The first-order chi connectivity index (χ1) is 7.82. The summed E-state index contributed by atoms with van der Waals surface area (Å²) in [4.78, 5) is 11.8. The average Bonchev–Trinajstić information content (AvgIpc) is 2.25. The van der Waals surface area contributed by atoms with E-state index in [0.29, 0.717) is 5.56 Å². The van der Waals surface area contributed by atoms with Gasteiger partial charge in [-0.3, -0.25) is 4.79 Å². The van der Waals surface area contributed by atoms with Crippen LogP contribution >= 0.6 is 0 Å². The number of nitrogens with zero attached hydrogens (tertiary/aromatic N) is 1. The van der Waals surface area contributed by atoms with Crippen molar-refractivity contribution < 1.29 is 9.90 Å². The van der Waals surface area contributed by atoms with E-state index in [1.165, 1.54) is 6.92 Å². The lowest BCUT2D eigenvalue weighted by Gasteiger charge is -2.30. The zero-order valence-electron chi connectivity index (χ0n) is 10.4. The fraction of sp³-hybridized carbons (Fsp3) is 0.429. The number of benzene rings is 1. The zero-order valence-corrected chi connectivity index (χ0v) is 10.4. The van der Waals surface area contributed by atoms with Gasteiger partial charge in [-0.2, -0.15) is 5.26 Å². The van der Waals surface area contributed by atoms with Crippen molar-refractivity contribution >= 4 is 5.78 Å². The van der Waals surface area contributed by atoms with E-state index < -0.39 is 11.0 Å². The maximum atomic E-state index is 11.8. The van der Waals surface area contributed by atoms with Crippen LogP contribution in [0.15, 0.2) is 30.3 Å². The second-order valence-corrected chi connectivity index (χ2v) is 4.93. The molecule has 1 unspecified atom stereocenters. The predicted octanol–water partition coefficient (Wildman–Crippen LogP) is 2.20. The summed E-state index contributed by atoms with van der Waals surface area (Å²) in [6, 6.07) is 11.0. The van der Waals surface area contributed by atoms with Gasteiger partial charge in [0.25, 0.3) is 0 Å². The highest BCUT2D eigenvalue weighted by Crippen LogP contribution is 2.33. The van der Waals surface area contributed by atoms with E-state index in [0.717, 1.165) is 0 Å². The highest BCUT2D eigenvalue weighted by atomic mass is 16.3. The van der Waals surface area contributed by atoms with Crippen molar-refractivity contribution in [3.63, 3.8) is 0 Å². The van der Waals surface area contributed by atoms with E-state index in [1.54, 1.807) is 38.1 Å². The lowest BCUT2D eigenvalue weighted by Crippen LogP contribution is -2.40. The number of Topliss-reactive ketones (excluding diaryl/α,β-unsaturated/α-hetero) is 1. The van der Waals surface area contributed by atoms with Gasteiger partial charge in [0.05, 0.1) is 11.7 Å². The van der Waals surface area contributed by atoms with Crippen LogP contribution in [0.1, 0.15) is 32.8 Å². The van der Waals surface area contributed by atoms with Gasteiger partial charge >= 0.3 is 0 Å². The van der Waals surface area contributed by atoms with Gasteiger partial charge < -0.3 is 5.11 Å². The Morgan fingerprint density at radius 1 is 1.35 bits per heavy atom. The molecule has 1 aromatic carbocycles. The third kappa shape index (κ3) is 2.92. The summed E-state index contributed by atoms with van der Waals surface area (Å²) in [6.45, 7) is 4.60. The van der Waals surface area contributed by atoms with Crippen LogP contribution in [0.3, 0.4) is 0 Å². The van der Waals surface area contributed by atoms with Crippen LogP contribution in [0.2, 0.25) is 0 Å². The summed E-state index contributed by atoms with van der Waals surface area (Å²) in [5.74, 6) is -0.242. The Morgan fingerprint density at radius 2 is 1.88 bits per heavy atom. The Kier molecular flexibility index (Phi) is 3.69. The molecule has 0 radical (unpaired) electrons. The van der Waals surface area contributed by atoms with E-state index in [9.17, 15) is 15.2 Å². The molecular weight excluding hydrogens is 214 g/mol. The van der Waals surface area contributed by atoms with Crippen molar-refractivity contribution in [2.24, 2.45) is 0 Å². The standard InChI is InChI=1S/C14H17NO2/c1-11(16)14(10-15,9-13(2,3)17)12-7-5-4-6-8-12/h4-8,17H,9H2,1-3H3. The quantitative estimate of drug-likeness (QED) is 0.864. The lowest BCUT2D eigenvalue weighted by atomic mass is 9.71. The third-order valence-electron chi connectivity index (χ3n) is 2.76. The number of hydrogen-bond donors (Lipinski definition) is 1. The van der Waals surface area contributed by atoms with Gasteiger partial charge in [-0.05, 0) is 26.3 Å². The highest BCUT2D eigenvalue weighted by molar-refractivity contribution is 5.91. The fourth-order valence-electron chi connectivity index (χ4n) is 1.98. The maximum absolute atomic E-state index is 11.8. The first-order valence-corrected chi connectivity index (χ1v) is 5.52. The number of aliphatic hydroxyl groups is 1. The van der Waals surface area contributed by atoms with Crippen LogP contribution in [0.4, 0.5) is 0 Å². The summed E-state index contributed by atoms with van der Waals surface area (Å²) < 4.78 is 0. The number of hydrogen-bond acceptors (Lipinski definition) is 3. The Balaban J connectivity index is 3.30. The Bertz CT molecular complexity index is 440.